The van der Waals surface area contributed by atoms with Gasteiger partial charge in [0.15, 0.2) is 0 Å². The number of aryl methyl sites for hydroxylation is 3. The molecular formula is C29H34N6O2S. The van der Waals surface area contributed by atoms with Crippen LogP contribution in [0.5, 0.6) is 0 Å². The van der Waals surface area contributed by atoms with Gasteiger partial charge in [-0.25, -0.2) is 18.1 Å². The van der Waals surface area contributed by atoms with Crippen molar-refractivity contribution in [1.29, 1.82) is 0 Å². The van der Waals surface area contributed by atoms with Gasteiger partial charge in [0, 0.05) is 12.2 Å². The molecule has 38 heavy (non-hydrogen) atoms. The molecule has 0 saturated carbocycles. The molecule has 0 aliphatic carbocycles. The Bertz CT molecular complexity index is 1540. The summed E-state index contributed by atoms with van der Waals surface area (Å²) in [6, 6.07) is 17.1. The number of benzene rings is 3. The van der Waals surface area contributed by atoms with Gasteiger partial charge in [-0.05, 0) is 118 Å². The number of hydrogen-bond acceptors (Lipinski definition) is 7. The molecular weight excluding hydrogens is 496 g/mol. The first-order valence-electron chi connectivity index (χ1n) is 13.1. The molecule has 0 atom stereocenters. The maximum Gasteiger partial charge on any atom is 0.247 e. The molecule has 4 aromatic rings. The van der Waals surface area contributed by atoms with E-state index in [9.17, 15) is 8.42 Å². The molecule has 0 amide bonds. The molecule has 0 unspecified atom stereocenters. The first-order chi connectivity index (χ1) is 18.3. The second kappa shape index (κ2) is 11.1. The van der Waals surface area contributed by atoms with Crippen molar-refractivity contribution in [2.75, 3.05) is 31.5 Å². The average Bonchev–Trinajstić information content (AvgIpc) is 3.41. The minimum atomic E-state index is -3.62. The lowest BCUT2D eigenvalue weighted by Gasteiger charge is -2.14. The highest BCUT2D eigenvalue weighted by molar-refractivity contribution is 7.89. The Morgan fingerprint density at radius 1 is 0.895 bits per heavy atom. The number of likely N-dealkylation sites (tertiary alicyclic amines) is 1. The Morgan fingerprint density at radius 2 is 1.63 bits per heavy atom. The number of fused-ring (bicyclic) bond motifs is 1. The van der Waals surface area contributed by atoms with Crippen LogP contribution in [0.1, 0.15) is 36.0 Å². The van der Waals surface area contributed by atoms with Crippen molar-refractivity contribution < 1.29 is 8.42 Å². The quantitative estimate of drug-likeness (QED) is 0.290. The monoisotopic (exact) mass is 530 g/mol. The third kappa shape index (κ3) is 5.85. The van der Waals surface area contributed by atoms with E-state index in [1.807, 2.05) is 13.0 Å². The Kier molecular flexibility index (Phi) is 7.69. The molecule has 1 fully saturated rings. The van der Waals surface area contributed by atoms with E-state index in [1.54, 1.807) is 24.3 Å². The Labute approximate surface area is 224 Å². The van der Waals surface area contributed by atoms with Crippen molar-refractivity contribution in [3.05, 3.63) is 71.3 Å². The molecule has 1 saturated heterocycles. The van der Waals surface area contributed by atoms with E-state index in [0.717, 1.165) is 42.7 Å². The van der Waals surface area contributed by atoms with E-state index in [-0.39, 0.29) is 4.90 Å². The molecule has 0 radical (unpaired) electrons. The summed E-state index contributed by atoms with van der Waals surface area (Å²) < 4.78 is 28.4. The summed E-state index contributed by atoms with van der Waals surface area (Å²) in [7, 11) is -3.62. The first kappa shape index (κ1) is 26.2. The number of anilines is 2. The summed E-state index contributed by atoms with van der Waals surface area (Å²) in [5.41, 5.74) is 7.74. The van der Waals surface area contributed by atoms with Gasteiger partial charge in [0.2, 0.25) is 16.0 Å². The van der Waals surface area contributed by atoms with Crippen LogP contribution in [0.2, 0.25) is 0 Å². The second-order valence-corrected chi connectivity index (χ2v) is 11.8. The van der Waals surface area contributed by atoms with Gasteiger partial charge in [0.05, 0.1) is 10.4 Å². The van der Waals surface area contributed by atoms with E-state index >= 15 is 0 Å². The number of nitrogens with zero attached hydrogens (tertiary/aromatic N) is 4. The van der Waals surface area contributed by atoms with Crippen LogP contribution in [0.25, 0.3) is 22.2 Å². The van der Waals surface area contributed by atoms with E-state index in [0.29, 0.717) is 23.7 Å². The van der Waals surface area contributed by atoms with Crippen molar-refractivity contribution in [2.45, 2.75) is 44.9 Å². The summed E-state index contributed by atoms with van der Waals surface area (Å²) in [6.45, 7) is 9.78. The SMILES string of the molecule is Cc1cccc(C)c1-c1cc(C)c2nc(Nc3cccc(S(=O)(=O)NCCCN4CCCC4)c3)nnc2c1. The highest BCUT2D eigenvalue weighted by Gasteiger charge is 2.16. The largest absolute Gasteiger partial charge is 0.323 e. The zero-order valence-electron chi connectivity index (χ0n) is 22.2. The van der Waals surface area contributed by atoms with Crippen LogP contribution in [0.15, 0.2) is 59.5 Å². The zero-order valence-corrected chi connectivity index (χ0v) is 23.0. The van der Waals surface area contributed by atoms with Gasteiger partial charge in [-0.3, -0.25) is 0 Å². The number of sulfonamides is 1. The number of hydrogen-bond donors (Lipinski definition) is 2. The smallest absolute Gasteiger partial charge is 0.247 e. The highest BCUT2D eigenvalue weighted by atomic mass is 32.2. The van der Waals surface area contributed by atoms with E-state index in [2.05, 4.69) is 68.2 Å². The second-order valence-electron chi connectivity index (χ2n) is 10.0. The molecule has 2 N–H and O–H groups in total. The van der Waals surface area contributed by atoms with Gasteiger partial charge in [0.1, 0.15) is 5.52 Å². The summed E-state index contributed by atoms with van der Waals surface area (Å²) in [5.74, 6) is 0.313. The molecule has 1 aliphatic rings. The predicted molar refractivity (Wildman–Crippen MR) is 152 cm³/mol. The van der Waals surface area contributed by atoms with Crippen LogP contribution in [-0.2, 0) is 10.0 Å². The fourth-order valence-electron chi connectivity index (χ4n) is 5.15. The first-order valence-corrected chi connectivity index (χ1v) is 14.6. The normalized spacial score (nSPS) is 14.3. The summed E-state index contributed by atoms with van der Waals surface area (Å²) in [5, 5.41) is 11.8. The van der Waals surface area contributed by atoms with Crippen LogP contribution >= 0.6 is 0 Å². The third-order valence-corrected chi connectivity index (χ3v) is 8.52. The van der Waals surface area contributed by atoms with Crippen LogP contribution in [0.3, 0.4) is 0 Å². The molecule has 2 heterocycles. The van der Waals surface area contributed by atoms with Crippen molar-refractivity contribution in [2.24, 2.45) is 0 Å². The molecule has 5 rings (SSSR count). The molecule has 1 aromatic heterocycles. The van der Waals surface area contributed by atoms with Gasteiger partial charge < -0.3 is 10.2 Å². The van der Waals surface area contributed by atoms with Crippen LogP contribution in [0.4, 0.5) is 11.6 Å². The van der Waals surface area contributed by atoms with Crippen molar-refractivity contribution >= 4 is 32.7 Å². The predicted octanol–water partition coefficient (Wildman–Crippen LogP) is 5.12. The maximum absolute atomic E-state index is 12.9. The van der Waals surface area contributed by atoms with Crippen LogP contribution in [-0.4, -0.2) is 54.7 Å². The molecule has 0 bridgehead atoms. The number of nitrogens with one attached hydrogen (secondary N) is 2. The van der Waals surface area contributed by atoms with Gasteiger partial charge in [-0.1, -0.05) is 24.3 Å². The van der Waals surface area contributed by atoms with E-state index in [4.69, 9.17) is 0 Å². The lowest BCUT2D eigenvalue weighted by molar-refractivity contribution is 0.334. The van der Waals surface area contributed by atoms with Crippen molar-refractivity contribution in [1.82, 2.24) is 24.8 Å². The van der Waals surface area contributed by atoms with Gasteiger partial charge in [-0.2, -0.15) is 0 Å². The fourth-order valence-corrected chi connectivity index (χ4v) is 6.27. The van der Waals surface area contributed by atoms with Crippen molar-refractivity contribution in [3.63, 3.8) is 0 Å². The average molecular weight is 531 g/mol. The standard InChI is InChI=1S/C29H34N6O2S/c1-20-9-6-10-21(2)27(20)23-17-22(3)28-26(18-23)33-34-29(32-28)31-24-11-7-12-25(19-24)38(36,37)30-13-8-16-35-14-4-5-15-35/h6-7,9-12,17-19,30H,4-5,8,13-16H2,1-3H3,(H,31,32,34). The molecule has 0 spiro atoms. The molecule has 1 aliphatic heterocycles. The topological polar surface area (TPSA) is 100 Å². The summed E-state index contributed by atoms with van der Waals surface area (Å²) in [6.07, 6.45) is 3.25. The van der Waals surface area contributed by atoms with Crippen molar-refractivity contribution in [3.8, 4) is 11.1 Å². The lowest BCUT2D eigenvalue weighted by Crippen LogP contribution is -2.28. The highest BCUT2D eigenvalue weighted by Crippen LogP contribution is 2.31. The minimum Gasteiger partial charge on any atom is -0.323 e. The fraction of sp³-hybridized carbons (Fsp3) is 0.345. The molecule has 8 nitrogen and oxygen atoms in total. The number of aromatic nitrogens is 3. The number of rotatable bonds is 9. The maximum atomic E-state index is 12.9. The lowest BCUT2D eigenvalue weighted by atomic mass is 9.94. The Morgan fingerprint density at radius 3 is 2.39 bits per heavy atom. The molecule has 9 heteroatoms. The zero-order chi connectivity index (χ0) is 26.7. The van der Waals surface area contributed by atoms with Gasteiger partial charge in [0.25, 0.3) is 0 Å². The van der Waals surface area contributed by atoms with Crippen LogP contribution < -0.4 is 10.0 Å². The minimum absolute atomic E-state index is 0.201. The molecule has 3 aromatic carbocycles. The Balaban J connectivity index is 1.31. The van der Waals surface area contributed by atoms with E-state index < -0.39 is 10.0 Å². The van der Waals surface area contributed by atoms with Gasteiger partial charge >= 0.3 is 0 Å². The summed E-state index contributed by atoms with van der Waals surface area (Å²) in [4.78, 5) is 7.26. The van der Waals surface area contributed by atoms with Crippen LogP contribution in [0, 0.1) is 20.8 Å². The Hall–Kier alpha value is -3.40. The van der Waals surface area contributed by atoms with E-state index in [1.165, 1.54) is 29.5 Å². The third-order valence-electron chi connectivity index (χ3n) is 7.06. The van der Waals surface area contributed by atoms with Gasteiger partial charge in [-0.15, -0.1) is 10.2 Å². The molecule has 198 valence electrons. The summed E-state index contributed by atoms with van der Waals surface area (Å²) >= 11 is 0.